The molecule has 2 aromatic rings. The van der Waals surface area contributed by atoms with E-state index in [0.29, 0.717) is 18.0 Å². The molecule has 0 spiro atoms. The Morgan fingerprint density at radius 3 is 2.72 bits per heavy atom. The molecule has 4 heteroatoms. The van der Waals surface area contributed by atoms with Crippen LogP contribution in [0.4, 0.5) is 0 Å². The Labute approximate surface area is 172 Å². The second-order valence-corrected chi connectivity index (χ2v) is 9.10. The molecule has 1 aliphatic heterocycles. The third-order valence-electron chi connectivity index (χ3n) is 6.41. The molecule has 5 rings (SSSR count). The maximum absolute atomic E-state index is 13.4. The number of carbonyl (C=O) groups is 1. The van der Waals surface area contributed by atoms with E-state index in [2.05, 4.69) is 16.8 Å². The Hall–Kier alpha value is -2.64. The van der Waals surface area contributed by atoms with Gasteiger partial charge in [-0.2, -0.15) is 0 Å². The SMILES string of the molecule is CC(C)(O)[C@@H](C1CC1)N1Cc2cccc(C#Cc3ccnc4c3CCC4)c2C1=O. The molecule has 3 aliphatic rings. The molecular formula is C25H26N2O2. The molecule has 1 amide bonds. The Morgan fingerprint density at radius 2 is 1.97 bits per heavy atom. The maximum atomic E-state index is 13.4. The van der Waals surface area contributed by atoms with Crippen LogP contribution in [0.2, 0.25) is 0 Å². The van der Waals surface area contributed by atoms with E-state index < -0.39 is 5.60 Å². The Kier molecular flexibility index (Phi) is 4.26. The number of amides is 1. The number of hydrogen-bond acceptors (Lipinski definition) is 3. The van der Waals surface area contributed by atoms with Gasteiger partial charge in [-0.25, -0.2) is 0 Å². The number of aliphatic hydroxyl groups is 1. The van der Waals surface area contributed by atoms with Crippen LogP contribution < -0.4 is 0 Å². The van der Waals surface area contributed by atoms with E-state index in [1.54, 1.807) is 0 Å². The molecule has 1 fully saturated rings. The summed E-state index contributed by atoms with van der Waals surface area (Å²) in [5.74, 6) is 6.98. The molecule has 1 aromatic heterocycles. The molecule has 2 aliphatic carbocycles. The molecule has 0 unspecified atom stereocenters. The first-order chi connectivity index (χ1) is 13.9. The molecule has 0 radical (unpaired) electrons. The highest BCUT2D eigenvalue weighted by atomic mass is 16.3. The number of carbonyl (C=O) groups excluding carboxylic acids is 1. The van der Waals surface area contributed by atoms with Crippen LogP contribution in [-0.2, 0) is 19.4 Å². The van der Waals surface area contributed by atoms with E-state index >= 15 is 0 Å². The molecule has 1 saturated carbocycles. The van der Waals surface area contributed by atoms with Gasteiger partial charge in [0, 0.05) is 29.6 Å². The summed E-state index contributed by atoms with van der Waals surface area (Å²) in [4.78, 5) is 19.7. The van der Waals surface area contributed by atoms with Crippen molar-refractivity contribution >= 4 is 5.91 Å². The van der Waals surface area contributed by atoms with E-state index in [-0.39, 0.29) is 11.9 Å². The number of benzene rings is 1. The van der Waals surface area contributed by atoms with Crippen molar-refractivity contribution in [3.05, 3.63) is 64.0 Å². The standard InChI is InChI=1S/C25H26N2O2/c1-25(2,29)23(18-11-12-18)27-15-19-6-3-5-17(22(19)24(27)28)10-9-16-13-14-26-21-8-4-7-20(16)21/h3,5-6,13-14,18,23,29H,4,7-8,11-12,15H2,1-2H3/t23-/m1/s1. The molecule has 0 bridgehead atoms. The van der Waals surface area contributed by atoms with E-state index in [1.165, 1.54) is 5.56 Å². The van der Waals surface area contributed by atoms with E-state index in [9.17, 15) is 9.90 Å². The average Bonchev–Trinajstić information content (AvgIpc) is 3.27. The van der Waals surface area contributed by atoms with Crippen LogP contribution in [0.25, 0.3) is 0 Å². The summed E-state index contributed by atoms with van der Waals surface area (Å²) in [5.41, 5.74) is 5.04. The normalized spacial score (nSPS) is 18.9. The highest BCUT2D eigenvalue weighted by Crippen LogP contribution is 2.43. The van der Waals surface area contributed by atoms with Crippen molar-refractivity contribution in [2.24, 2.45) is 5.92 Å². The van der Waals surface area contributed by atoms with Crippen molar-refractivity contribution in [3.63, 3.8) is 0 Å². The number of pyridine rings is 1. The van der Waals surface area contributed by atoms with Gasteiger partial charge in [-0.1, -0.05) is 24.0 Å². The number of fused-ring (bicyclic) bond motifs is 2. The average molecular weight is 386 g/mol. The summed E-state index contributed by atoms with van der Waals surface area (Å²) >= 11 is 0. The van der Waals surface area contributed by atoms with Crippen LogP contribution in [0, 0.1) is 17.8 Å². The van der Waals surface area contributed by atoms with Gasteiger partial charge in [-0.15, -0.1) is 0 Å². The molecule has 1 atom stereocenters. The van der Waals surface area contributed by atoms with Crippen LogP contribution in [0.5, 0.6) is 0 Å². The molecule has 1 aromatic carbocycles. The zero-order valence-electron chi connectivity index (χ0n) is 17.0. The summed E-state index contributed by atoms with van der Waals surface area (Å²) in [6, 6.07) is 7.76. The summed E-state index contributed by atoms with van der Waals surface area (Å²) < 4.78 is 0. The zero-order chi connectivity index (χ0) is 20.2. The fourth-order valence-corrected chi connectivity index (χ4v) is 5.05. The lowest BCUT2D eigenvalue weighted by atomic mass is 9.93. The van der Waals surface area contributed by atoms with Gasteiger partial charge in [0.2, 0.25) is 0 Å². The predicted molar refractivity (Wildman–Crippen MR) is 111 cm³/mol. The topological polar surface area (TPSA) is 53.4 Å². The molecule has 148 valence electrons. The van der Waals surface area contributed by atoms with Crippen LogP contribution in [0.15, 0.2) is 30.5 Å². The summed E-state index contributed by atoms with van der Waals surface area (Å²) in [5, 5.41) is 10.7. The highest BCUT2D eigenvalue weighted by molar-refractivity contribution is 6.01. The second kappa shape index (κ2) is 6.71. The Morgan fingerprint density at radius 1 is 1.17 bits per heavy atom. The minimum Gasteiger partial charge on any atom is -0.388 e. The van der Waals surface area contributed by atoms with Gasteiger partial charge in [0.25, 0.3) is 5.91 Å². The summed E-state index contributed by atoms with van der Waals surface area (Å²) in [7, 11) is 0. The third kappa shape index (κ3) is 3.24. The van der Waals surface area contributed by atoms with Crippen LogP contribution >= 0.6 is 0 Å². The molecule has 0 saturated heterocycles. The highest BCUT2D eigenvalue weighted by Gasteiger charge is 2.48. The minimum absolute atomic E-state index is 0.00359. The largest absolute Gasteiger partial charge is 0.388 e. The molecule has 1 N–H and O–H groups in total. The Bertz CT molecular complexity index is 1050. The van der Waals surface area contributed by atoms with Crippen molar-refractivity contribution < 1.29 is 9.90 Å². The van der Waals surface area contributed by atoms with Crippen LogP contribution in [0.1, 0.15) is 71.4 Å². The monoisotopic (exact) mass is 386 g/mol. The fraction of sp³-hybridized carbons (Fsp3) is 0.440. The quantitative estimate of drug-likeness (QED) is 0.822. The van der Waals surface area contributed by atoms with Crippen molar-refractivity contribution in [1.29, 1.82) is 0 Å². The van der Waals surface area contributed by atoms with Gasteiger partial charge < -0.3 is 10.0 Å². The maximum Gasteiger partial charge on any atom is 0.256 e. The summed E-state index contributed by atoms with van der Waals surface area (Å²) in [6.07, 6.45) is 7.18. The smallest absolute Gasteiger partial charge is 0.256 e. The van der Waals surface area contributed by atoms with Gasteiger partial charge in [0.1, 0.15) is 0 Å². The van der Waals surface area contributed by atoms with Gasteiger partial charge in [0.15, 0.2) is 0 Å². The number of aromatic nitrogens is 1. The fourth-order valence-electron chi connectivity index (χ4n) is 5.05. The zero-order valence-corrected chi connectivity index (χ0v) is 17.0. The van der Waals surface area contributed by atoms with Crippen molar-refractivity contribution in [1.82, 2.24) is 9.88 Å². The Balaban J connectivity index is 1.50. The van der Waals surface area contributed by atoms with Crippen LogP contribution in [-0.4, -0.2) is 32.5 Å². The van der Waals surface area contributed by atoms with Gasteiger partial charge >= 0.3 is 0 Å². The van der Waals surface area contributed by atoms with Gasteiger partial charge in [-0.3, -0.25) is 9.78 Å². The number of nitrogens with zero attached hydrogens (tertiary/aromatic N) is 2. The van der Waals surface area contributed by atoms with E-state index in [1.807, 2.05) is 49.2 Å². The van der Waals surface area contributed by atoms with E-state index in [4.69, 9.17) is 0 Å². The molecule has 4 nitrogen and oxygen atoms in total. The van der Waals surface area contributed by atoms with Crippen LogP contribution in [0.3, 0.4) is 0 Å². The number of aryl methyl sites for hydroxylation is 1. The summed E-state index contributed by atoms with van der Waals surface area (Å²) in [6.45, 7) is 4.19. The second-order valence-electron chi connectivity index (χ2n) is 9.10. The van der Waals surface area contributed by atoms with Crippen molar-refractivity contribution in [2.75, 3.05) is 0 Å². The minimum atomic E-state index is -0.914. The predicted octanol–water partition coefficient (Wildman–Crippen LogP) is 3.48. The van der Waals surface area contributed by atoms with Crippen molar-refractivity contribution in [2.45, 2.75) is 64.1 Å². The van der Waals surface area contributed by atoms with E-state index in [0.717, 1.165) is 54.5 Å². The van der Waals surface area contributed by atoms with Crippen molar-refractivity contribution in [3.8, 4) is 11.8 Å². The lowest BCUT2D eigenvalue weighted by molar-refractivity contribution is -0.0224. The van der Waals surface area contributed by atoms with Gasteiger partial charge in [0.05, 0.1) is 17.2 Å². The number of hydrogen-bond donors (Lipinski definition) is 1. The molecule has 29 heavy (non-hydrogen) atoms. The molecular weight excluding hydrogens is 360 g/mol. The molecule has 2 heterocycles. The first-order valence-corrected chi connectivity index (χ1v) is 10.6. The lowest BCUT2D eigenvalue weighted by Crippen LogP contribution is -2.51. The first-order valence-electron chi connectivity index (χ1n) is 10.6. The lowest BCUT2D eigenvalue weighted by Gasteiger charge is -2.37. The number of rotatable bonds is 3. The van der Waals surface area contributed by atoms with Gasteiger partial charge in [-0.05, 0) is 75.1 Å². The third-order valence-corrected chi connectivity index (χ3v) is 6.41. The first kappa shape index (κ1) is 18.4.